The third-order valence-corrected chi connectivity index (χ3v) is 3.95. The molecule has 0 aromatic carbocycles. The molecule has 2 amide bonds. The van der Waals surface area contributed by atoms with Gasteiger partial charge in [-0.15, -0.1) is 0 Å². The van der Waals surface area contributed by atoms with E-state index in [0.29, 0.717) is 19.4 Å². The summed E-state index contributed by atoms with van der Waals surface area (Å²) >= 11 is 0. The maximum atomic E-state index is 12.6. The number of hydrogen-bond donors (Lipinski definition) is 2. The third kappa shape index (κ3) is 3.76. The second-order valence-electron chi connectivity index (χ2n) is 6.92. The summed E-state index contributed by atoms with van der Waals surface area (Å²) in [5.41, 5.74) is -0.690. The lowest BCUT2D eigenvalue weighted by atomic mass is 9.81. The Kier molecular flexibility index (Phi) is 4.86. The Labute approximate surface area is 134 Å². The van der Waals surface area contributed by atoms with Crippen LogP contribution in [0.15, 0.2) is 0 Å². The van der Waals surface area contributed by atoms with Crippen LogP contribution < -0.4 is 5.32 Å². The number of hydroxylamine groups is 2. The summed E-state index contributed by atoms with van der Waals surface area (Å²) in [6.45, 7) is 5.76. The molecule has 2 N–H and O–H groups in total. The molecule has 2 aliphatic heterocycles. The summed E-state index contributed by atoms with van der Waals surface area (Å²) in [4.78, 5) is 48.1. The van der Waals surface area contributed by atoms with E-state index in [2.05, 4.69) is 5.32 Å². The van der Waals surface area contributed by atoms with Crippen LogP contribution >= 0.6 is 0 Å². The Hall–Kier alpha value is -1.80. The molecule has 0 radical (unpaired) electrons. The van der Waals surface area contributed by atoms with Crippen LogP contribution in [-0.4, -0.2) is 52.0 Å². The van der Waals surface area contributed by atoms with Crippen LogP contribution in [0.4, 0.5) is 0 Å². The van der Waals surface area contributed by atoms with Gasteiger partial charge in [-0.25, -0.2) is 0 Å². The van der Waals surface area contributed by atoms with Crippen LogP contribution in [0.1, 0.15) is 40.0 Å². The van der Waals surface area contributed by atoms with Crippen molar-refractivity contribution in [1.82, 2.24) is 10.4 Å². The fourth-order valence-electron chi connectivity index (χ4n) is 2.91. The van der Waals surface area contributed by atoms with Gasteiger partial charge in [-0.3, -0.25) is 24.4 Å². The summed E-state index contributed by atoms with van der Waals surface area (Å²) in [5, 5.41) is 12.2. The largest absolute Gasteiger partial charge is 0.459 e. The number of nitrogens with one attached hydrogen (secondary N) is 1. The highest BCUT2D eigenvalue weighted by molar-refractivity contribution is 6.14. The second-order valence-corrected chi connectivity index (χ2v) is 6.92. The molecule has 0 spiro atoms. The van der Waals surface area contributed by atoms with Gasteiger partial charge in [-0.05, 0) is 40.2 Å². The number of nitrogens with zero attached hydrogens (tertiary/aromatic N) is 1. The fourth-order valence-corrected chi connectivity index (χ4v) is 2.91. The summed E-state index contributed by atoms with van der Waals surface area (Å²) in [6, 6.07) is -0.842. The van der Waals surface area contributed by atoms with Gasteiger partial charge in [0, 0.05) is 12.3 Å². The van der Waals surface area contributed by atoms with Crippen LogP contribution in [-0.2, 0) is 23.9 Å². The van der Waals surface area contributed by atoms with E-state index < -0.39 is 47.0 Å². The summed E-state index contributed by atoms with van der Waals surface area (Å²) in [6.07, 6.45) is 0.748. The molecule has 0 aromatic heterocycles. The highest BCUT2D eigenvalue weighted by Gasteiger charge is 2.48. The molecule has 2 heterocycles. The van der Waals surface area contributed by atoms with E-state index in [1.54, 1.807) is 20.8 Å². The smallest absolute Gasteiger partial charge is 0.324 e. The van der Waals surface area contributed by atoms with Gasteiger partial charge in [0.15, 0.2) is 5.78 Å². The van der Waals surface area contributed by atoms with E-state index in [-0.39, 0.29) is 11.5 Å². The minimum Gasteiger partial charge on any atom is -0.459 e. The van der Waals surface area contributed by atoms with Gasteiger partial charge in [-0.1, -0.05) is 0 Å². The Bertz CT molecular complexity index is 539. The quantitative estimate of drug-likeness (QED) is 0.325. The molecule has 0 saturated carbocycles. The van der Waals surface area contributed by atoms with Gasteiger partial charge in [0.1, 0.15) is 17.6 Å². The topological polar surface area (TPSA) is 113 Å². The van der Waals surface area contributed by atoms with Gasteiger partial charge < -0.3 is 10.1 Å². The highest BCUT2D eigenvalue weighted by Crippen LogP contribution is 2.28. The van der Waals surface area contributed by atoms with E-state index in [9.17, 15) is 24.4 Å². The molecule has 0 aromatic rings. The molecular formula is C15H22N2O6. The fraction of sp³-hybridized carbons (Fsp3) is 0.733. The number of ketones is 1. The van der Waals surface area contributed by atoms with Crippen LogP contribution in [0.25, 0.3) is 0 Å². The van der Waals surface area contributed by atoms with Crippen LogP contribution in [0.3, 0.4) is 0 Å². The maximum absolute atomic E-state index is 12.6. The molecule has 8 heteroatoms. The van der Waals surface area contributed by atoms with Gasteiger partial charge in [-0.2, -0.15) is 5.06 Å². The lowest BCUT2D eigenvalue weighted by Gasteiger charge is -2.33. The number of imide groups is 1. The first-order chi connectivity index (χ1) is 10.6. The van der Waals surface area contributed by atoms with Crippen molar-refractivity contribution in [3.8, 4) is 0 Å². The first-order valence-corrected chi connectivity index (χ1v) is 7.67. The van der Waals surface area contributed by atoms with E-state index in [1.807, 2.05) is 0 Å². The zero-order valence-electron chi connectivity index (χ0n) is 13.5. The Morgan fingerprint density at radius 1 is 1.30 bits per heavy atom. The number of Topliss-reactive ketones (excluding diaryl/α,β-unsaturated/α-hetero) is 1. The Morgan fingerprint density at radius 2 is 1.96 bits per heavy atom. The average Bonchev–Trinajstić information content (AvgIpc) is 2.72. The number of piperidine rings is 1. The van der Waals surface area contributed by atoms with Crippen molar-refractivity contribution >= 4 is 23.6 Å². The van der Waals surface area contributed by atoms with E-state index in [0.717, 1.165) is 0 Å². The lowest BCUT2D eigenvalue weighted by molar-refractivity contribution is -0.173. The van der Waals surface area contributed by atoms with Gasteiger partial charge in [0.25, 0.3) is 11.8 Å². The minimum absolute atomic E-state index is 0.0126. The van der Waals surface area contributed by atoms with Gasteiger partial charge in [0.2, 0.25) is 0 Å². The van der Waals surface area contributed by atoms with Crippen molar-refractivity contribution in [2.24, 2.45) is 11.8 Å². The summed E-state index contributed by atoms with van der Waals surface area (Å²) < 4.78 is 5.32. The normalized spacial score (nSPS) is 28.9. The van der Waals surface area contributed by atoms with Crippen molar-refractivity contribution in [1.29, 1.82) is 0 Å². The van der Waals surface area contributed by atoms with Crippen molar-refractivity contribution in [3.05, 3.63) is 0 Å². The van der Waals surface area contributed by atoms with E-state index in [1.165, 1.54) is 0 Å². The van der Waals surface area contributed by atoms with Crippen molar-refractivity contribution < 1.29 is 29.1 Å². The number of rotatable bonds is 3. The first-order valence-electron chi connectivity index (χ1n) is 7.67. The molecular weight excluding hydrogens is 304 g/mol. The Morgan fingerprint density at radius 3 is 2.48 bits per heavy atom. The van der Waals surface area contributed by atoms with Crippen LogP contribution in [0.2, 0.25) is 0 Å². The number of hydrogen-bond acceptors (Lipinski definition) is 7. The monoisotopic (exact) mass is 326 g/mol. The van der Waals surface area contributed by atoms with E-state index >= 15 is 0 Å². The lowest BCUT2D eigenvalue weighted by Crippen LogP contribution is -2.53. The van der Waals surface area contributed by atoms with Crippen LogP contribution in [0.5, 0.6) is 0 Å². The summed E-state index contributed by atoms with van der Waals surface area (Å²) in [5.74, 6) is -4.73. The standard InChI is InChI=1S/C15H22N2O6/c1-15(2,3)23-14(21)11-8(5-4-6-16-11)12(19)9-7-10(18)17(22)13(9)20/h8-9,11,16,22H,4-7H2,1-3H3. The Balaban J connectivity index is 2.15. The third-order valence-electron chi connectivity index (χ3n) is 3.95. The molecule has 2 aliphatic rings. The number of esters is 1. The molecule has 2 saturated heterocycles. The molecule has 0 aliphatic carbocycles. The highest BCUT2D eigenvalue weighted by atomic mass is 16.6. The zero-order valence-corrected chi connectivity index (χ0v) is 13.5. The molecule has 2 rings (SSSR count). The number of amides is 2. The van der Waals surface area contributed by atoms with Crippen LogP contribution in [0, 0.1) is 11.8 Å². The van der Waals surface area contributed by atoms with Crippen molar-refractivity contribution in [2.45, 2.75) is 51.7 Å². The number of carbonyl (C=O) groups excluding carboxylic acids is 4. The van der Waals surface area contributed by atoms with Crippen molar-refractivity contribution in [2.75, 3.05) is 6.54 Å². The molecule has 0 bridgehead atoms. The molecule has 3 unspecified atom stereocenters. The van der Waals surface area contributed by atoms with Gasteiger partial charge >= 0.3 is 5.97 Å². The van der Waals surface area contributed by atoms with Gasteiger partial charge in [0.05, 0.1) is 0 Å². The SMILES string of the molecule is CC(C)(C)OC(=O)C1NCCCC1C(=O)C1CC(=O)N(O)C1=O. The van der Waals surface area contributed by atoms with E-state index in [4.69, 9.17) is 4.74 Å². The molecule has 23 heavy (non-hydrogen) atoms. The summed E-state index contributed by atoms with van der Waals surface area (Å²) in [7, 11) is 0. The minimum atomic E-state index is -1.22. The molecule has 2 fully saturated rings. The molecule has 8 nitrogen and oxygen atoms in total. The van der Waals surface area contributed by atoms with Crippen molar-refractivity contribution in [3.63, 3.8) is 0 Å². The predicted molar refractivity (Wildman–Crippen MR) is 77.1 cm³/mol. The second kappa shape index (κ2) is 6.37. The molecule has 3 atom stereocenters. The first kappa shape index (κ1) is 17.6. The number of carbonyl (C=O) groups is 4. The average molecular weight is 326 g/mol. The zero-order chi connectivity index (χ0) is 17.4. The predicted octanol–water partition coefficient (Wildman–Crippen LogP) is 0.0297. The molecule has 128 valence electrons. The number of ether oxygens (including phenoxy) is 1. The maximum Gasteiger partial charge on any atom is 0.324 e.